The van der Waals surface area contributed by atoms with Crippen LogP contribution in [-0.2, 0) is 0 Å². The van der Waals surface area contributed by atoms with Crippen molar-refractivity contribution in [3.63, 3.8) is 0 Å². The molecule has 0 saturated carbocycles. The molecule has 1 heterocycles. The van der Waals surface area contributed by atoms with Crippen molar-refractivity contribution in [1.82, 2.24) is 10.2 Å². The van der Waals surface area contributed by atoms with Gasteiger partial charge in [-0.2, -0.15) is 5.26 Å². The Labute approximate surface area is 67.3 Å². The second-order valence-electron chi connectivity index (χ2n) is 2.91. The predicted octanol–water partition coefficient (Wildman–Crippen LogP) is -0.0302. The van der Waals surface area contributed by atoms with Crippen LogP contribution in [0.4, 0.5) is 0 Å². The number of likely N-dealkylation sites (N-methyl/N-ethyl adjacent to an activating group) is 1. The second-order valence-corrected chi connectivity index (χ2v) is 2.91. The van der Waals surface area contributed by atoms with Crippen LogP contribution < -0.4 is 5.32 Å². The molecular weight excluding hydrogens is 138 g/mol. The van der Waals surface area contributed by atoms with Gasteiger partial charge in [-0.05, 0) is 7.05 Å². The predicted molar refractivity (Wildman–Crippen MR) is 44.0 cm³/mol. The van der Waals surface area contributed by atoms with Crippen LogP contribution in [0.2, 0.25) is 0 Å². The number of nitriles is 1. The Kier molecular flexibility index (Phi) is 2.64. The standard InChI is InChI=1S/C8H13N3/c1-7(5-9)8-6-11(2)4-3-10-8/h8,10H,1,3-4,6H2,2H3/t8-/m1/s1. The number of nitrogens with one attached hydrogen (secondary N) is 1. The minimum atomic E-state index is 0.166. The molecule has 60 valence electrons. The Morgan fingerprint density at radius 3 is 3.09 bits per heavy atom. The van der Waals surface area contributed by atoms with E-state index in [4.69, 9.17) is 5.26 Å². The van der Waals surface area contributed by atoms with Gasteiger partial charge in [0.2, 0.25) is 0 Å². The molecule has 1 aliphatic rings. The van der Waals surface area contributed by atoms with Gasteiger partial charge in [0.15, 0.2) is 0 Å². The fraction of sp³-hybridized carbons (Fsp3) is 0.625. The highest BCUT2D eigenvalue weighted by Crippen LogP contribution is 2.03. The Morgan fingerprint density at radius 2 is 2.55 bits per heavy atom. The van der Waals surface area contributed by atoms with Gasteiger partial charge in [-0.15, -0.1) is 0 Å². The first kappa shape index (κ1) is 8.25. The monoisotopic (exact) mass is 151 g/mol. The quantitative estimate of drug-likeness (QED) is 0.535. The van der Waals surface area contributed by atoms with Crippen LogP contribution in [0.1, 0.15) is 0 Å². The molecule has 1 aliphatic heterocycles. The maximum atomic E-state index is 8.57. The molecule has 0 aromatic carbocycles. The van der Waals surface area contributed by atoms with Crippen molar-refractivity contribution in [1.29, 1.82) is 5.26 Å². The van der Waals surface area contributed by atoms with Crippen LogP contribution in [0.25, 0.3) is 0 Å². The Morgan fingerprint density at radius 1 is 1.82 bits per heavy atom. The highest BCUT2D eigenvalue weighted by Gasteiger charge is 2.18. The average molecular weight is 151 g/mol. The van der Waals surface area contributed by atoms with Crippen molar-refractivity contribution in [2.24, 2.45) is 0 Å². The van der Waals surface area contributed by atoms with E-state index in [2.05, 4.69) is 29.9 Å². The summed E-state index contributed by atoms with van der Waals surface area (Å²) in [4.78, 5) is 2.20. The van der Waals surface area contributed by atoms with Gasteiger partial charge in [0, 0.05) is 25.2 Å². The number of hydrogen-bond donors (Lipinski definition) is 1. The fourth-order valence-electron chi connectivity index (χ4n) is 1.21. The van der Waals surface area contributed by atoms with Crippen molar-refractivity contribution >= 4 is 0 Å². The molecule has 0 aromatic rings. The lowest BCUT2D eigenvalue weighted by atomic mass is 10.1. The van der Waals surface area contributed by atoms with Crippen LogP contribution in [0.3, 0.4) is 0 Å². The van der Waals surface area contributed by atoms with E-state index in [9.17, 15) is 0 Å². The van der Waals surface area contributed by atoms with Gasteiger partial charge >= 0.3 is 0 Å². The lowest BCUT2D eigenvalue weighted by molar-refractivity contribution is 0.258. The second kappa shape index (κ2) is 3.51. The van der Waals surface area contributed by atoms with E-state index in [0.29, 0.717) is 5.57 Å². The number of piperazine rings is 1. The van der Waals surface area contributed by atoms with Crippen molar-refractivity contribution < 1.29 is 0 Å². The summed E-state index contributed by atoms with van der Waals surface area (Å²) in [5.41, 5.74) is 0.636. The molecule has 0 bridgehead atoms. The highest BCUT2D eigenvalue weighted by atomic mass is 15.2. The Hall–Kier alpha value is -0.850. The summed E-state index contributed by atoms with van der Waals surface area (Å²) < 4.78 is 0. The summed E-state index contributed by atoms with van der Waals surface area (Å²) in [6, 6.07) is 2.24. The molecule has 3 nitrogen and oxygen atoms in total. The fourth-order valence-corrected chi connectivity index (χ4v) is 1.21. The van der Waals surface area contributed by atoms with Crippen molar-refractivity contribution in [2.75, 3.05) is 26.7 Å². The SMILES string of the molecule is C=C(C#N)[C@H]1CN(C)CCN1. The maximum Gasteiger partial charge on any atom is 0.0958 e. The molecule has 1 atom stereocenters. The molecule has 1 fully saturated rings. The summed E-state index contributed by atoms with van der Waals surface area (Å²) in [6.07, 6.45) is 0. The van der Waals surface area contributed by atoms with Gasteiger partial charge in [0.25, 0.3) is 0 Å². The molecule has 0 radical (unpaired) electrons. The van der Waals surface area contributed by atoms with Gasteiger partial charge in [-0.1, -0.05) is 6.58 Å². The van der Waals surface area contributed by atoms with E-state index in [-0.39, 0.29) is 6.04 Å². The molecule has 0 spiro atoms. The minimum absolute atomic E-state index is 0.166. The zero-order valence-corrected chi connectivity index (χ0v) is 6.80. The van der Waals surface area contributed by atoms with Crippen LogP contribution >= 0.6 is 0 Å². The molecule has 1 saturated heterocycles. The Bertz CT molecular complexity index is 192. The van der Waals surface area contributed by atoms with E-state index >= 15 is 0 Å². The van der Waals surface area contributed by atoms with E-state index in [1.165, 1.54) is 0 Å². The molecule has 0 unspecified atom stereocenters. The van der Waals surface area contributed by atoms with E-state index in [1.54, 1.807) is 0 Å². The molecule has 0 amide bonds. The largest absolute Gasteiger partial charge is 0.307 e. The molecule has 1 rings (SSSR count). The summed E-state index contributed by atoms with van der Waals surface area (Å²) in [6.45, 7) is 6.57. The summed E-state index contributed by atoms with van der Waals surface area (Å²) in [7, 11) is 2.05. The zero-order chi connectivity index (χ0) is 8.27. The van der Waals surface area contributed by atoms with E-state index in [1.807, 2.05) is 0 Å². The van der Waals surface area contributed by atoms with Gasteiger partial charge in [0.1, 0.15) is 0 Å². The number of rotatable bonds is 1. The Balaban J connectivity index is 2.47. The molecular formula is C8H13N3. The smallest absolute Gasteiger partial charge is 0.0958 e. The summed E-state index contributed by atoms with van der Waals surface area (Å²) >= 11 is 0. The third-order valence-electron chi connectivity index (χ3n) is 1.94. The molecule has 0 aliphatic carbocycles. The van der Waals surface area contributed by atoms with Gasteiger partial charge in [0.05, 0.1) is 12.1 Å². The van der Waals surface area contributed by atoms with Crippen LogP contribution in [0, 0.1) is 11.3 Å². The summed E-state index contributed by atoms with van der Waals surface area (Å²) in [5.74, 6) is 0. The van der Waals surface area contributed by atoms with Crippen LogP contribution in [0.15, 0.2) is 12.2 Å². The molecule has 1 N–H and O–H groups in total. The van der Waals surface area contributed by atoms with Gasteiger partial charge in [-0.25, -0.2) is 0 Å². The normalized spacial score (nSPS) is 26.0. The summed E-state index contributed by atoms with van der Waals surface area (Å²) in [5, 5.41) is 11.8. The van der Waals surface area contributed by atoms with Crippen molar-refractivity contribution in [2.45, 2.75) is 6.04 Å². The van der Waals surface area contributed by atoms with Crippen LogP contribution in [-0.4, -0.2) is 37.6 Å². The highest BCUT2D eigenvalue weighted by molar-refractivity contribution is 5.23. The topological polar surface area (TPSA) is 39.1 Å². The number of nitrogens with zero attached hydrogens (tertiary/aromatic N) is 2. The zero-order valence-electron chi connectivity index (χ0n) is 6.80. The third kappa shape index (κ3) is 2.04. The van der Waals surface area contributed by atoms with Crippen LogP contribution in [0.5, 0.6) is 0 Å². The third-order valence-corrected chi connectivity index (χ3v) is 1.94. The average Bonchev–Trinajstić information content (AvgIpc) is 2.03. The minimum Gasteiger partial charge on any atom is -0.307 e. The van der Waals surface area contributed by atoms with Gasteiger partial charge in [-0.3, -0.25) is 0 Å². The number of hydrogen-bond acceptors (Lipinski definition) is 3. The first-order valence-corrected chi connectivity index (χ1v) is 3.75. The lowest BCUT2D eigenvalue weighted by Crippen LogP contribution is -2.49. The lowest BCUT2D eigenvalue weighted by Gasteiger charge is -2.30. The van der Waals surface area contributed by atoms with E-state index < -0.39 is 0 Å². The van der Waals surface area contributed by atoms with E-state index in [0.717, 1.165) is 19.6 Å². The maximum absolute atomic E-state index is 8.57. The molecule has 0 aromatic heterocycles. The van der Waals surface area contributed by atoms with Crippen molar-refractivity contribution in [3.8, 4) is 6.07 Å². The first-order valence-electron chi connectivity index (χ1n) is 3.75. The van der Waals surface area contributed by atoms with Crippen molar-refractivity contribution in [3.05, 3.63) is 12.2 Å². The van der Waals surface area contributed by atoms with Gasteiger partial charge < -0.3 is 10.2 Å². The first-order chi connectivity index (χ1) is 5.24. The molecule has 3 heteroatoms. The molecule has 11 heavy (non-hydrogen) atoms.